The molecule has 7 heteroatoms. The van der Waals surface area contributed by atoms with Gasteiger partial charge in [0.05, 0.1) is 19.1 Å². The summed E-state index contributed by atoms with van der Waals surface area (Å²) in [4.78, 5) is 11.0. The van der Waals surface area contributed by atoms with Crippen molar-refractivity contribution in [2.24, 2.45) is 10.2 Å². The average Bonchev–Trinajstić information content (AvgIpc) is 2.86. The number of amides is 1. The standard InChI is InChI=1S/C14H17N3O3S/c1-8(2)9-4-10(13(19)11(5-9)20-3)6-15-17-14-16-12(18)7-21-14/h4-6,8,19H,7H2,1-3H3,(H,16,17,18). The highest BCUT2D eigenvalue weighted by molar-refractivity contribution is 8.15. The van der Waals surface area contributed by atoms with Crippen molar-refractivity contribution < 1.29 is 14.6 Å². The molecule has 0 atom stereocenters. The van der Waals surface area contributed by atoms with Crippen molar-refractivity contribution in [3.8, 4) is 11.5 Å². The predicted molar refractivity (Wildman–Crippen MR) is 84.4 cm³/mol. The van der Waals surface area contributed by atoms with Gasteiger partial charge in [-0.15, -0.1) is 5.10 Å². The summed E-state index contributed by atoms with van der Waals surface area (Å²) in [6.07, 6.45) is 1.45. The van der Waals surface area contributed by atoms with Crippen LogP contribution in [0.1, 0.15) is 30.9 Å². The number of carbonyl (C=O) groups excluding carboxylic acids is 1. The van der Waals surface area contributed by atoms with Crippen LogP contribution >= 0.6 is 11.8 Å². The highest BCUT2D eigenvalue weighted by atomic mass is 32.2. The third kappa shape index (κ3) is 3.75. The highest BCUT2D eigenvalue weighted by Crippen LogP contribution is 2.33. The Balaban J connectivity index is 2.26. The highest BCUT2D eigenvalue weighted by Gasteiger charge is 2.16. The van der Waals surface area contributed by atoms with Crippen molar-refractivity contribution in [1.82, 2.24) is 5.32 Å². The fraction of sp³-hybridized carbons (Fsp3) is 0.357. The third-order valence-corrected chi connectivity index (χ3v) is 3.81. The Labute approximate surface area is 127 Å². The molecule has 1 aromatic carbocycles. The van der Waals surface area contributed by atoms with Crippen molar-refractivity contribution in [2.45, 2.75) is 19.8 Å². The van der Waals surface area contributed by atoms with Gasteiger partial charge in [-0.05, 0) is 23.6 Å². The van der Waals surface area contributed by atoms with Gasteiger partial charge >= 0.3 is 0 Å². The largest absolute Gasteiger partial charge is 0.504 e. The lowest BCUT2D eigenvalue weighted by Gasteiger charge is -2.11. The fourth-order valence-corrected chi connectivity index (χ4v) is 2.39. The molecule has 1 aliphatic rings. The van der Waals surface area contributed by atoms with Crippen LogP contribution in [0.5, 0.6) is 11.5 Å². The van der Waals surface area contributed by atoms with Crippen LogP contribution in [0.2, 0.25) is 0 Å². The van der Waals surface area contributed by atoms with Gasteiger partial charge in [-0.1, -0.05) is 25.6 Å². The van der Waals surface area contributed by atoms with Crippen LogP contribution in [-0.2, 0) is 4.79 Å². The van der Waals surface area contributed by atoms with Gasteiger partial charge in [-0.2, -0.15) is 5.10 Å². The Morgan fingerprint density at radius 2 is 2.24 bits per heavy atom. The van der Waals surface area contributed by atoms with Crippen molar-refractivity contribution >= 4 is 29.1 Å². The summed E-state index contributed by atoms with van der Waals surface area (Å²) < 4.78 is 5.16. The minimum absolute atomic E-state index is 0.0222. The van der Waals surface area contributed by atoms with Gasteiger partial charge in [-0.25, -0.2) is 0 Å². The second-order valence-electron chi connectivity index (χ2n) is 4.80. The molecule has 0 unspecified atom stereocenters. The lowest BCUT2D eigenvalue weighted by atomic mass is 10.00. The van der Waals surface area contributed by atoms with E-state index in [4.69, 9.17) is 4.74 Å². The minimum Gasteiger partial charge on any atom is -0.504 e. The average molecular weight is 307 g/mol. The van der Waals surface area contributed by atoms with Crippen LogP contribution in [0.15, 0.2) is 22.3 Å². The second-order valence-corrected chi connectivity index (χ2v) is 5.77. The molecule has 0 spiro atoms. The first kappa shape index (κ1) is 15.4. The number of hydrogen-bond acceptors (Lipinski definition) is 6. The molecular formula is C14H17N3O3S. The number of hydrogen-bond donors (Lipinski definition) is 2. The van der Waals surface area contributed by atoms with Crippen molar-refractivity contribution in [3.63, 3.8) is 0 Å². The maximum atomic E-state index is 11.0. The molecular weight excluding hydrogens is 290 g/mol. The summed E-state index contributed by atoms with van der Waals surface area (Å²) in [6.45, 7) is 4.11. The first-order valence-electron chi connectivity index (χ1n) is 6.46. The smallest absolute Gasteiger partial charge is 0.236 e. The van der Waals surface area contributed by atoms with Crippen LogP contribution in [0, 0.1) is 0 Å². The van der Waals surface area contributed by atoms with Gasteiger partial charge in [0.15, 0.2) is 16.7 Å². The van der Waals surface area contributed by atoms with E-state index in [1.807, 2.05) is 6.07 Å². The fourth-order valence-electron chi connectivity index (χ4n) is 1.76. The molecule has 2 rings (SSSR count). The number of nitrogens with zero attached hydrogens (tertiary/aromatic N) is 2. The second kappa shape index (κ2) is 6.62. The van der Waals surface area contributed by atoms with Gasteiger partial charge < -0.3 is 15.2 Å². The first-order valence-corrected chi connectivity index (χ1v) is 7.44. The molecule has 0 saturated carbocycles. The molecule has 1 fully saturated rings. The first-order chi connectivity index (χ1) is 10.0. The third-order valence-electron chi connectivity index (χ3n) is 2.95. The van der Waals surface area contributed by atoms with Crippen LogP contribution < -0.4 is 10.1 Å². The van der Waals surface area contributed by atoms with E-state index in [0.29, 0.717) is 28.2 Å². The molecule has 0 aliphatic carbocycles. The van der Waals surface area contributed by atoms with E-state index in [0.717, 1.165) is 5.56 Å². The summed E-state index contributed by atoms with van der Waals surface area (Å²) in [5, 5.41) is 20.9. The number of phenolic OH excluding ortho intramolecular Hbond substituents is 1. The van der Waals surface area contributed by atoms with E-state index in [2.05, 4.69) is 29.4 Å². The Hall–Kier alpha value is -2.02. The summed E-state index contributed by atoms with van der Waals surface area (Å²) in [5.74, 6) is 0.992. The van der Waals surface area contributed by atoms with Gasteiger partial charge in [0.1, 0.15) is 0 Å². The summed E-state index contributed by atoms with van der Waals surface area (Å²) in [5.41, 5.74) is 1.55. The molecule has 21 heavy (non-hydrogen) atoms. The monoisotopic (exact) mass is 307 g/mol. The van der Waals surface area contributed by atoms with Crippen LogP contribution in [0.4, 0.5) is 0 Å². The summed E-state index contributed by atoms with van der Waals surface area (Å²) in [7, 11) is 1.50. The number of methoxy groups -OCH3 is 1. The number of ether oxygens (including phenoxy) is 1. The molecule has 1 saturated heterocycles. The molecule has 2 N–H and O–H groups in total. The zero-order valence-corrected chi connectivity index (χ0v) is 12.9. The molecule has 1 aromatic rings. The number of rotatable bonds is 4. The topological polar surface area (TPSA) is 83.3 Å². The lowest BCUT2D eigenvalue weighted by Crippen LogP contribution is -2.19. The Morgan fingerprint density at radius 3 is 2.81 bits per heavy atom. The van der Waals surface area contributed by atoms with E-state index >= 15 is 0 Å². The van der Waals surface area contributed by atoms with Crippen LogP contribution in [0.25, 0.3) is 0 Å². The maximum Gasteiger partial charge on any atom is 0.236 e. The van der Waals surface area contributed by atoms with Crippen molar-refractivity contribution in [3.05, 3.63) is 23.3 Å². The maximum absolute atomic E-state index is 11.0. The molecule has 6 nitrogen and oxygen atoms in total. The molecule has 112 valence electrons. The normalized spacial score (nSPS) is 17.0. The number of phenols is 1. The number of thioether (sulfide) groups is 1. The molecule has 1 heterocycles. The molecule has 1 amide bonds. The zero-order valence-electron chi connectivity index (χ0n) is 12.1. The van der Waals surface area contributed by atoms with Crippen molar-refractivity contribution in [1.29, 1.82) is 0 Å². The quantitative estimate of drug-likeness (QED) is 0.659. The molecule has 1 aliphatic heterocycles. The van der Waals surface area contributed by atoms with E-state index in [1.165, 1.54) is 25.1 Å². The van der Waals surface area contributed by atoms with E-state index < -0.39 is 0 Å². The van der Waals surface area contributed by atoms with E-state index in [9.17, 15) is 9.90 Å². The number of benzene rings is 1. The number of amidine groups is 1. The van der Waals surface area contributed by atoms with Crippen molar-refractivity contribution in [2.75, 3.05) is 12.9 Å². The molecule has 0 radical (unpaired) electrons. The number of carbonyl (C=O) groups is 1. The van der Waals surface area contributed by atoms with Gasteiger partial charge in [0, 0.05) is 5.56 Å². The van der Waals surface area contributed by atoms with Crippen LogP contribution in [0.3, 0.4) is 0 Å². The van der Waals surface area contributed by atoms with E-state index in [-0.39, 0.29) is 11.7 Å². The number of nitrogens with one attached hydrogen (secondary N) is 1. The van der Waals surface area contributed by atoms with E-state index in [1.54, 1.807) is 6.07 Å². The predicted octanol–water partition coefficient (Wildman–Crippen LogP) is 2.08. The van der Waals surface area contributed by atoms with Gasteiger partial charge in [0.2, 0.25) is 5.91 Å². The zero-order chi connectivity index (χ0) is 15.4. The SMILES string of the molecule is COc1cc(C(C)C)cc(C=NN=C2NC(=O)CS2)c1O. The molecule has 0 aromatic heterocycles. The minimum atomic E-state index is -0.0831. The van der Waals surface area contributed by atoms with Crippen LogP contribution in [-0.4, -0.2) is 35.3 Å². The molecule has 0 bridgehead atoms. The summed E-state index contributed by atoms with van der Waals surface area (Å²) in [6, 6.07) is 3.64. The Morgan fingerprint density at radius 1 is 1.48 bits per heavy atom. The summed E-state index contributed by atoms with van der Waals surface area (Å²) >= 11 is 1.29. The van der Waals surface area contributed by atoms with Gasteiger partial charge in [-0.3, -0.25) is 4.79 Å². The Bertz CT molecular complexity index is 612. The Kier molecular flexibility index (Phi) is 4.85. The number of aromatic hydroxyl groups is 1. The lowest BCUT2D eigenvalue weighted by molar-refractivity contribution is -0.116. The van der Waals surface area contributed by atoms with Gasteiger partial charge in [0.25, 0.3) is 0 Å².